The van der Waals surface area contributed by atoms with Gasteiger partial charge in [0.15, 0.2) is 0 Å². The second-order valence-electron chi connectivity index (χ2n) is 3.33. The third-order valence-electron chi connectivity index (χ3n) is 2.04. The summed E-state index contributed by atoms with van der Waals surface area (Å²) in [6, 6.07) is 7.19. The van der Waals surface area contributed by atoms with Gasteiger partial charge in [0.1, 0.15) is 0 Å². The third-order valence-corrected chi connectivity index (χ3v) is 2.83. The van der Waals surface area contributed by atoms with E-state index < -0.39 is 0 Å². The first-order valence-corrected chi connectivity index (χ1v) is 6.26. The molecular weight excluding hydrogens is 277 g/mol. The van der Waals surface area contributed by atoms with Crippen molar-refractivity contribution in [1.82, 2.24) is 5.32 Å². The molecule has 0 saturated carbocycles. The number of amides is 1. The zero-order valence-corrected chi connectivity index (χ0v) is 10.8. The normalized spacial score (nSPS) is 12.2. The summed E-state index contributed by atoms with van der Waals surface area (Å²) in [5, 5.41) is 4.24. The van der Waals surface area contributed by atoms with Gasteiger partial charge in [-0.25, -0.2) is 0 Å². The standard InChI is InChI=1S/C11H13BrClNO/c1-8(6-7-12)14-11(15)9-4-2-3-5-10(9)13/h2-5,8H,6-7H2,1H3,(H,14,15). The minimum absolute atomic E-state index is 0.117. The largest absolute Gasteiger partial charge is 0.350 e. The molecule has 0 aromatic heterocycles. The summed E-state index contributed by atoms with van der Waals surface area (Å²) in [7, 11) is 0. The highest BCUT2D eigenvalue weighted by Gasteiger charge is 2.11. The molecule has 82 valence electrons. The molecule has 0 spiro atoms. The molecule has 1 atom stereocenters. The number of benzene rings is 1. The van der Waals surface area contributed by atoms with Crippen LogP contribution in [0.3, 0.4) is 0 Å². The molecule has 2 nitrogen and oxygen atoms in total. The van der Waals surface area contributed by atoms with Crippen molar-refractivity contribution in [2.45, 2.75) is 19.4 Å². The van der Waals surface area contributed by atoms with Crippen LogP contribution in [0.5, 0.6) is 0 Å². The molecular formula is C11H13BrClNO. The number of halogens is 2. The number of hydrogen-bond donors (Lipinski definition) is 1. The molecule has 0 aliphatic heterocycles. The van der Waals surface area contributed by atoms with Crippen LogP contribution < -0.4 is 5.32 Å². The van der Waals surface area contributed by atoms with E-state index in [1.807, 2.05) is 6.92 Å². The molecule has 1 unspecified atom stereocenters. The molecule has 0 fully saturated rings. The van der Waals surface area contributed by atoms with Crippen LogP contribution >= 0.6 is 27.5 Å². The SMILES string of the molecule is CC(CCBr)NC(=O)c1ccccc1Cl. The van der Waals surface area contributed by atoms with Gasteiger partial charge in [-0.1, -0.05) is 39.7 Å². The fourth-order valence-electron chi connectivity index (χ4n) is 1.18. The average Bonchev–Trinajstić information content (AvgIpc) is 2.18. The quantitative estimate of drug-likeness (QED) is 0.848. The Kier molecular flexibility index (Phi) is 5.12. The summed E-state index contributed by atoms with van der Waals surface area (Å²) in [5.41, 5.74) is 0.528. The molecule has 1 rings (SSSR count). The first kappa shape index (κ1) is 12.5. The van der Waals surface area contributed by atoms with Gasteiger partial charge in [0.2, 0.25) is 0 Å². The van der Waals surface area contributed by atoms with Crippen LogP contribution in [0.4, 0.5) is 0 Å². The van der Waals surface area contributed by atoms with Gasteiger partial charge < -0.3 is 5.32 Å². The van der Waals surface area contributed by atoms with Crippen molar-refractivity contribution in [3.05, 3.63) is 34.9 Å². The number of hydrogen-bond acceptors (Lipinski definition) is 1. The topological polar surface area (TPSA) is 29.1 Å². The molecule has 1 aromatic carbocycles. The van der Waals surface area contributed by atoms with E-state index in [1.165, 1.54) is 0 Å². The molecule has 0 saturated heterocycles. The summed E-state index contributed by atoms with van der Waals surface area (Å²) in [6.07, 6.45) is 0.899. The number of carbonyl (C=O) groups is 1. The van der Waals surface area contributed by atoms with Gasteiger partial charge in [-0.15, -0.1) is 0 Å². The predicted octanol–water partition coefficient (Wildman–Crippen LogP) is 3.24. The lowest BCUT2D eigenvalue weighted by Crippen LogP contribution is -2.32. The molecule has 0 aliphatic rings. The van der Waals surface area contributed by atoms with Crippen LogP contribution in [0.15, 0.2) is 24.3 Å². The van der Waals surface area contributed by atoms with Crippen LogP contribution in [0, 0.1) is 0 Å². The van der Waals surface area contributed by atoms with Crippen molar-refractivity contribution in [2.75, 3.05) is 5.33 Å². The van der Waals surface area contributed by atoms with E-state index in [0.717, 1.165) is 11.8 Å². The number of rotatable bonds is 4. The Bertz CT molecular complexity index is 343. The molecule has 4 heteroatoms. The zero-order valence-electron chi connectivity index (χ0n) is 8.47. The highest BCUT2D eigenvalue weighted by atomic mass is 79.9. The van der Waals surface area contributed by atoms with Gasteiger partial charge in [-0.05, 0) is 25.5 Å². The fourth-order valence-corrected chi connectivity index (χ4v) is 2.09. The van der Waals surface area contributed by atoms with E-state index in [2.05, 4.69) is 21.2 Å². The molecule has 1 N–H and O–H groups in total. The summed E-state index contributed by atoms with van der Waals surface area (Å²) in [5.74, 6) is -0.117. The number of nitrogens with one attached hydrogen (secondary N) is 1. The van der Waals surface area contributed by atoms with Gasteiger partial charge >= 0.3 is 0 Å². The van der Waals surface area contributed by atoms with Gasteiger partial charge in [-0.2, -0.15) is 0 Å². The van der Waals surface area contributed by atoms with E-state index in [0.29, 0.717) is 10.6 Å². The summed E-state index contributed by atoms with van der Waals surface area (Å²) in [4.78, 5) is 11.7. The van der Waals surface area contributed by atoms with Gasteiger partial charge in [-0.3, -0.25) is 4.79 Å². The molecule has 0 radical (unpaired) electrons. The fraction of sp³-hybridized carbons (Fsp3) is 0.364. The van der Waals surface area contributed by atoms with Crippen molar-refractivity contribution in [1.29, 1.82) is 0 Å². The first-order chi connectivity index (χ1) is 7.15. The predicted molar refractivity (Wildman–Crippen MR) is 66.8 cm³/mol. The van der Waals surface area contributed by atoms with Gasteiger partial charge in [0.25, 0.3) is 5.91 Å². The maximum atomic E-state index is 11.7. The van der Waals surface area contributed by atoms with Gasteiger partial charge in [0.05, 0.1) is 10.6 Å². The lowest BCUT2D eigenvalue weighted by atomic mass is 10.2. The maximum absolute atomic E-state index is 11.7. The molecule has 1 amide bonds. The smallest absolute Gasteiger partial charge is 0.252 e. The van der Waals surface area contributed by atoms with Crippen molar-refractivity contribution in [3.63, 3.8) is 0 Å². The molecule has 1 aromatic rings. The molecule has 0 heterocycles. The van der Waals surface area contributed by atoms with Gasteiger partial charge in [0, 0.05) is 11.4 Å². The lowest BCUT2D eigenvalue weighted by molar-refractivity contribution is 0.0939. The Morgan fingerprint density at radius 2 is 2.20 bits per heavy atom. The summed E-state index contributed by atoms with van der Waals surface area (Å²) in [6.45, 7) is 1.97. The molecule has 0 aliphatic carbocycles. The van der Waals surface area contributed by atoms with E-state index in [9.17, 15) is 4.79 Å². The van der Waals surface area contributed by atoms with Crippen LogP contribution in [0.2, 0.25) is 5.02 Å². The highest BCUT2D eigenvalue weighted by Crippen LogP contribution is 2.14. The Labute approximate surface area is 103 Å². The monoisotopic (exact) mass is 289 g/mol. The van der Waals surface area contributed by atoms with Crippen molar-refractivity contribution >= 4 is 33.4 Å². The Morgan fingerprint density at radius 1 is 1.53 bits per heavy atom. The number of carbonyl (C=O) groups excluding carboxylic acids is 1. The lowest BCUT2D eigenvalue weighted by Gasteiger charge is -2.12. The minimum atomic E-state index is -0.117. The summed E-state index contributed by atoms with van der Waals surface area (Å²) >= 11 is 9.24. The Hall–Kier alpha value is -0.540. The third kappa shape index (κ3) is 3.84. The van der Waals surface area contributed by atoms with Crippen LogP contribution in [0.25, 0.3) is 0 Å². The van der Waals surface area contributed by atoms with Crippen molar-refractivity contribution in [3.8, 4) is 0 Å². The van der Waals surface area contributed by atoms with Crippen LogP contribution in [-0.4, -0.2) is 17.3 Å². The zero-order chi connectivity index (χ0) is 11.3. The molecule has 0 bridgehead atoms. The minimum Gasteiger partial charge on any atom is -0.350 e. The Morgan fingerprint density at radius 3 is 2.80 bits per heavy atom. The Balaban J connectivity index is 2.65. The van der Waals surface area contributed by atoms with E-state index in [4.69, 9.17) is 11.6 Å². The molecule has 15 heavy (non-hydrogen) atoms. The highest BCUT2D eigenvalue weighted by molar-refractivity contribution is 9.09. The van der Waals surface area contributed by atoms with E-state index in [-0.39, 0.29) is 11.9 Å². The van der Waals surface area contributed by atoms with E-state index >= 15 is 0 Å². The summed E-state index contributed by atoms with van der Waals surface area (Å²) < 4.78 is 0. The van der Waals surface area contributed by atoms with Crippen molar-refractivity contribution < 1.29 is 4.79 Å². The van der Waals surface area contributed by atoms with Crippen LogP contribution in [-0.2, 0) is 0 Å². The second kappa shape index (κ2) is 6.13. The second-order valence-corrected chi connectivity index (χ2v) is 4.53. The van der Waals surface area contributed by atoms with Crippen molar-refractivity contribution in [2.24, 2.45) is 0 Å². The van der Waals surface area contributed by atoms with Crippen LogP contribution in [0.1, 0.15) is 23.7 Å². The average molecular weight is 291 g/mol. The van der Waals surface area contributed by atoms with E-state index in [1.54, 1.807) is 24.3 Å². The first-order valence-electron chi connectivity index (χ1n) is 4.76. The number of alkyl halides is 1. The maximum Gasteiger partial charge on any atom is 0.252 e.